The maximum Gasteiger partial charge on any atom is 0.304 e. The van der Waals surface area contributed by atoms with Crippen molar-refractivity contribution in [2.24, 2.45) is 0 Å². The molecule has 0 spiro atoms. The molecule has 0 amide bonds. The van der Waals surface area contributed by atoms with Gasteiger partial charge < -0.3 is 5.11 Å². The maximum absolute atomic E-state index is 10.3. The fourth-order valence-corrected chi connectivity index (χ4v) is 1.01. The zero-order valence-corrected chi connectivity index (χ0v) is 8.23. The Bertz CT molecular complexity index is 311. The highest BCUT2D eigenvalue weighted by atomic mass is 16.6. The molecule has 0 atom stereocenters. The number of nitrogens with zero attached hydrogens (tertiary/aromatic N) is 3. The van der Waals surface area contributed by atoms with Gasteiger partial charge in [0, 0.05) is 13.1 Å². The van der Waals surface area contributed by atoms with Crippen LogP contribution in [0, 0.1) is 6.92 Å². The molecule has 6 nitrogen and oxygen atoms in total. The molecule has 0 unspecified atom stereocenters. The van der Waals surface area contributed by atoms with Crippen LogP contribution in [-0.4, -0.2) is 39.9 Å². The molecule has 0 radical (unpaired) electrons. The van der Waals surface area contributed by atoms with Crippen LogP contribution < -0.4 is 0 Å². The van der Waals surface area contributed by atoms with E-state index < -0.39 is 5.97 Å². The predicted molar refractivity (Wildman–Crippen MR) is 47.6 cm³/mol. The van der Waals surface area contributed by atoms with Crippen molar-refractivity contribution >= 4 is 5.97 Å². The lowest BCUT2D eigenvalue weighted by Gasteiger charge is -2.12. The Morgan fingerprint density at radius 1 is 1.57 bits per heavy atom. The summed E-state index contributed by atoms with van der Waals surface area (Å²) < 4.78 is 4.53. The van der Waals surface area contributed by atoms with Crippen LogP contribution in [0.25, 0.3) is 0 Å². The van der Waals surface area contributed by atoms with Crippen LogP contribution in [0.1, 0.15) is 17.8 Å². The normalized spacial score (nSPS) is 10.8. The van der Waals surface area contributed by atoms with Gasteiger partial charge in [-0.05, 0) is 14.0 Å². The van der Waals surface area contributed by atoms with E-state index in [-0.39, 0.29) is 6.42 Å². The standard InChI is InChI=1S/C8H13N3O3/c1-6-7(10-14-9-6)5-11(2)4-3-8(12)13/h3-5H2,1-2H3,(H,12,13). The minimum atomic E-state index is -0.799. The van der Waals surface area contributed by atoms with Gasteiger partial charge in [-0.15, -0.1) is 0 Å². The smallest absolute Gasteiger partial charge is 0.304 e. The number of carboxylic acids is 1. The third-order valence-electron chi connectivity index (χ3n) is 1.87. The van der Waals surface area contributed by atoms with Gasteiger partial charge in [0.1, 0.15) is 11.4 Å². The van der Waals surface area contributed by atoms with Crippen molar-refractivity contribution in [1.29, 1.82) is 0 Å². The van der Waals surface area contributed by atoms with Crippen LogP contribution in [-0.2, 0) is 11.3 Å². The van der Waals surface area contributed by atoms with E-state index in [0.717, 1.165) is 11.4 Å². The summed E-state index contributed by atoms with van der Waals surface area (Å²) in [6, 6.07) is 0. The third-order valence-corrected chi connectivity index (χ3v) is 1.87. The molecule has 1 N–H and O–H groups in total. The second-order valence-electron chi connectivity index (χ2n) is 3.18. The molecule has 1 aromatic rings. The van der Waals surface area contributed by atoms with E-state index in [0.29, 0.717) is 13.1 Å². The number of aryl methyl sites for hydroxylation is 1. The first kappa shape index (κ1) is 10.6. The summed E-state index contributed by atoms with van der Waals surface area (Å²) in [5.41, 5.74) is 1.49. The van der Waals surface area contributed by atoms with Gasteiger partial charge in [0.15, 0.2) is 0 Å². The van der Waals surface area contributed by atoms with Crippen LogP contribution in [0.4, 0.5) is 0 Å². The fourth-order valence-electron chi connectivity index (χ4n) is 1.01. The molecular formula is C8H13N3O3. The number of rotatable bonds is 5. The van der Waals surface area contributed by atoms with Gasteiger partial charge in [-0.2, -0.15) is 0 Å². The van der Waals surface area contributed by atoms with E-state index in [1.165, 1.54) is 0 Å². The molecule has 0 saturated carbocycles. The summed E-state index contributed by atoms with van der Waals surface area (Å²) in [5, 5.41) is 15.8. The lowest BCUT2D eigenvalue weighted by atomic mass is 10.3. The average Bonchev–Trinajstić information content (AvgIpc) is 2.49. The first-order valence-corrected chi connectivity index (χ1v) is 4.28. The molecule has 1 rings (SSSR count). The predicted octanol–water partition coefficient (Wildman–Crippen LogP) is 0.285. The Morgan fingerprint density at radius 2 is 2.29 bits per heavy atom. The highest BCUT2D eigenvalue weighted by Crippen LogP contribution is 2.04. The summed E-state index contributed by atoms with van der Waals surface area (Å²) in [4.78, 5) is 12.2. The minimum absolute atomic E-state index is 0.126. The summed E-state index contributed by atoms with van der Waals surface area (Å²) in [6.07, 6.45) is 0.126. The van der Waals surface area contributed by atoms with Crippen LogP contribution in [0.3, 0.4) is 0 Å². The van der Waals surface area contributed by atoms with Gasteiger partial charge in [0.05, 0.1) is 6.42 Å². The van der Waals surface area contributed by atoms with Crippen molar-refractivity contribution in [3.05, 3.63) is 11.4 Å². The Hall–Kier alpha value is -1.43. The molecule has 0 aliphatic rings. The van der Waals surface area contributed by atoms with Gasteiger partial charge in [-0.25, -0.2) is 4.63 Å². The molecule has 0 saturated heterocycles. The molecule has 6 heteroatoms. The Balaban J connectivity index is 2.37. The lowest BCUT2D eigenvalue weighted by Crippen LogP contribution is -2.21. The highest BCUT2D eigenvalue weighted by molar-refractivity contribution is 5.66. The van der Waals surface area contributed by atoms with Crippen LogP contribution in [0.5, 0.6) is 0 Å². The zero-order chi connectivity index (χ0) is 10.6. The van der Waals surface area contributed by atoms with Crippen molar-refractivity contribution in [3.8, 4) is 0 Å². The molecule has 1 heterocycles. The van der Waals surface area contributed by atoms with E-state index in [2.05, 4.69) is 14.9 Å². The molecular weight excluding hydrogens is 186 g/mol. The first-order chi connectivity index (χ1) is 6.59. The summed E-state index contributed by atoms with van der Waals surface area (Å²) in [5.74, 6) is -0.799. The van der Waals surface area contributed by atoms with Gasteiger partial charge in [-0.3, -0.25) is 9.69 Å². The van der Waals surface area contributed by atoms with Crippen molar-refractivity contribution in [3.63, 3.8) is 0 Å². The van der Waals surface area contributed by atoms with E-state index >= 15 is 0 Å². The number of hydrogen-bond donors (Lipinski definition) is 1. The summed E-state index contributed by atoms with van der Waals surface area (Å²) in [7, 11) is 1.83. The third kappa shape index (κ3) is 3.14. The van der Waals surface area contributed by atoms with Gasteiger partial charge in [0.25, 0.3) is 0 Å². The lowest BCUT2D eigenvalue weighted by molar-refractivity contribution is -0.137. The van der Waals surface area contributed by atoms with E-state index in [1.54, 1.807) is 6.92 Å². The number of aromatic nitrogens is 2. The number of aliphatic carboxylic acids is 1. The Kier molecular flexibility index (Phi) is 3.58. The van der Waals surface area contributed by atoms with Crippen molar-refractivity contribution in [1.82, 2.24) is 15.2 Å². The minimum Gasteiger partial charge on any atom is -0.481 e. The van der Waals surface area contributed by atoms with Crippen molar-refractivity contribution in [2.75, 3.05) is 13.6 Å². The molecule has 1 aromatic heterocycles. The number of carbonyl (C=O) groups is 1. The molecule has 0 bridgehead atoms. The Labute approximate surface area is 81.5 Å². The molecule has 78 valence electrons. The van der Waals surface area contributed by atoms with E-state index in [1.807, 2.05) is 11.9 Å². The van der Waals surface area contributed by atoms with Crippen LogP contribution in [0.2, 0.25) is 0 Å². The number of carboxylic acid groups (broad SMARTS) is 1. The van der Waals surface area contributed by atoms with Crippen molar-refractivity contribution in [2.45, 2.75) is 19.9 Å². The van der Waals surface area contributed by atoms with Crippen LogP contribution >= 0.6 is 0 Å². The summed E-state index contributed by atoms with van der Waals surface area (Å²) in [6.45, 7) is 2.85. The molecule has 0 aliphatic carbocycles. The molecule has 0 aliphatic heterocycles. The van der Waals surface area contributed by atoms with Crippen LogP contribution in [0.15, 0.2) is 4.63 Å². The second kappa shape index (κ2) is 4.71. The Morgan fingerprint density at radius 3 is 2.79 bits per heavy atom. The first-order valence-electron chi connectivity index (χ1n) is 4.28. The SMILES string of the molecule is Cc1nonc1CN(C)CCC(=O)O. The molecule has 14 heavy (non-hydrogen) atoms. The topological polar surface area (TPSA) is 79.5 Å². The largest absolute Gasteiger partial charge is 0.481 e. The maximum atomic E-state index is 10.3. The fraction of sp³-hybridized carbons (Fsp3) is 0.625. The monoisotopic (exact) mass is 199 g/mol. The van der Waals surface area contributed by atoms with E-state index in [4.69, 9.17) is 5.11 Å². The second-order valence-corrected chi connectivity index (χ2v) is 3.18. The molecule has 0 aromatic carbocycles. The van der Waals surface area contributed by atoms with Gasteiger partial charge >= 0.3 is 5.97 Å². The van der Waals surface area contributed by atoms with Crippen molar-refractivity contribution < 1.29 is 14.5 Å². The zero-order valence-electron chi connectivity index (χ0n) is 8.23. The molecule has 0 fully saturated rings. The quantitative estimate of drug-likeness (QED) is 0.734. The van der Waals surface area contributed by atoms with E-state index in [9.17, 15) is 4.79 Å². The van der Waals surface area contributed by atoms with Gasteiger partial charge in [0.2, 0.25) is 0 Å². The van der Waals surface area contributed by atoms with Gasteiger partial charge in [-0.1, -0.05) is 10.3 Å². The highest BCUT2D eigenvalue weighted by Gasteiger charge is 2.09. The number of hydrogen-bond acceptors (Lipinski definition) is 5. The summed E-state index contributed by atoms with van der Waals surface area (Å²) >= 11 is 0. The average molecular weight is 199 g/mol.